The zero-order valence-corrected chi connectivity index (χ0v) is 13.7. The fourth-order valence-electron chi connectivity index (χ4n) is 3.60. The Morgan fingerprint density at radius 2 is 1.95 bits per heavy atom. The molecule has 22 heavy (non-hydrogen) atoms. The Labute approximate surface area is 135 Å². The summed E-state index contributed by atoms with van der Waals surface area (Å²) in [6.07, 6.45) is 5.57. The fourth-order valence-corrected chi connectivity index (χ4v) is 4.07. The average Bonchev–Trinajstić information content (AvgIpc) is 2.97. The van der Waals surface area contributed by atoms with Gasteiger partial charge < -0.3 is 9.47 Å². The minimum atomic E-state index is -0.513. The van der Waals surface area contributed by atoms with Crippen molar-refractivity contribution in [3.05, 3.63) is 22.2 Å². The highest BCUT2D eigenvalue weighted by molar-refractivity contribution is 6.33. The molecule has 1 aromatic rings. The van der Waals surface area contributed by atoms with Crippen LogP contribution in [0.25, 0.3) is 0 Å². The van der Waals surface area contributed by atoms with Crippen molar-refractivity contribution in [2.45, 2.75) is 51.0 Å². The van der Waals surface area contributed by atoms with Crippen LogP contribution >= 0.6 is 11.6 Å². The number of nitrogens with zero attached hydrogens (tertiary/aromatic N) is 1. The summed E-state index contributed by atoms with van der Waals surface area (Å²) in [5.41, 5.74) is 1.49. The Morgan fingerprint density at radius 3 is 2.59 bits per heavy atom. The van der Waals surface area contributed by atoms with Gasteiger partial charge in [-0.1, -0.05) is 38.3 Å². The summed E-state index contributed by atoms with van der Waals surface area (Å²) in [5, 5.41) is 0.592. The lowest BCUT2D eigenvalue weighted by Crippen LogP contribution is -2.24. The van der Waals surface area contributed by atoms with Gasteiger partial charge in [-0.05, 0) is 36.0 Å². The molecule has 1 fully saturated rings. The van der Waals surface area contributed by atoms with E-state index in [9.17, 15) is 4.79 Å². The van der Waals surface area contributed by atoms with E-state index in [4.69, 9.17) is 21.1 Å². The van der Waals surface area contributed by atoms with Gasteiger partial charge in [0.05, 0.1) is 10.6 Å². The summed E-state index contributed by atoms with van der Waals surface area (Å²) in [5.74, 6) is 1.48. The molecule has 0 N–H and O–H groups in total. The molecule has 5 heteroatoms. The lowest BCUT2D eigenvalue weighted by atomic mass is 9.81. The smallest absolute Gasteiger partial charge is 0.235 e. The van der Waals surface area contributed by atoms with E-state index >= 15 is 0 Å². The quantitative estimate of drug-likeness (QED) is 0.614. The summed E-state index contributed by atoms with van der Waals surface area (Å²) >= 11 is 6.62. The number of benzene rings is 1. The van der Waals surface area contributed by atoms with E-state index in [-0.39, 0.29) is 5.92 Å². The fraction of sp³-hybridized carbons (Fsp3) is 0.588. The average molecular weight is 322 g/mol. The van der Waals surface area contributed by atoms with Crippen LogP contribution in [0.5, 0.6) is 11.5 Å². The summed E-state index contributed by atoms with van der Waals surface area (Å²) in [6, 6.07) is 1.97. The Bertz CT molecular complexity index is 629. The number of hydrogen-bond donors (Lipinski definition) is 0. The molecule has 3 rings (SSSR count). The molecular formula is C17H20ClNO3. The first-order valence-electron chi connectivity index (χ1n) is 7.80. The maximum atomic E-state index is 11.0. The second kappa shape index (κ2) is 5.94. The van der Waals surface area contributed by atoms with Crippen LogP contribution < -0.4 is 9.47 Å². The maximum absolute atomic E-state index is 11.0. The van der Waals surface area contributed by atoms with Crippen molar-refractivity contribution in [3.8, 4) is 11.5 Å². The minimum absolute atomic E-state index is 0.206. The van der Waals surface area contributed by atoms with Crippen molar-refractivity contribution >= 4 is 17.7 Å². The highest BCUT2D eigenvalue weighted by Crippen LogP contribution is 2.51. The normalized spacial score (nSPS) is 19.1. The van der Waals surface area contributed by atoms with Crippen LogP contribution in [0.4, 0.5) is 0 Å². The van der Waals surface area contributed by atoms with Crippen molar-refractivity contribution in [2.24, 2.45) is 4.99 Å². The van der Waals surface area contributed by atoms with Crippen molar-refractivity contribution in [2.75, 3.05) is 13.2 Å². The van der Waals surface area contributed by atoms with Gasteiger partial charge in [-0.15, -0.1) is 0 Å². The van der Waals surface area contributed by atoms with E-state index in [0.717, 1.165) is 36.8 Å². The lowest BCUT2D eigenvalue weighted by Gasteiger charge is -2.31. The zero-order chi connectivity index (χ0) is 15.7. The first-order valence-corrected chi connectivity index (χ1v) is 8.18. The molecule has 0 spiro atoms. The van der Waals surface area contributed by atoms with Gasteiger partial charge in [-0.25, -0.2) is 4.79 Å². The van der Waals surface area contributed by atoms with Crippen molar-refractivity contribution in [3.63, 3.8) is 0 Å². The molecule has 0 saturated heterocycles. The van der Waals surface area contributed by atoms with Crippen LogP contribution in [0.15, 0.2) is 11.1 Å². The molecule has 118 valence electrons. The van der Waals surface area contributed by atoms with Gasteiger partial charge in [0, 0.05) is 0 Å². The van der Waals surface area contributed by atoms with Gasteiger partial charge in [0.1, 0.15) is 13.2 Å². The third-order valence-corrected chi connectivity index (χ3v) is 4.96. The summed E-state index contributed by atoms with van der Waals surface area (Å²) < 4.78 is 11.4. The largest absolute Gasteiger partial charge is 0.486 e. The van der Waals surface area contributed by atoms with Crippen LogP contribution in [0, 0.1) is 0 Å². The first kappa shape index (κ1) is 15.4. The molecule has 1 heterocycles. The zero-order valence-electron chi connectivity index (χ0n) is 12.9. The highest BCUT2D eigenvalue weighted by atomic mass is 35.5. The number of rotatable bonds is 3. The molecule has 1 aliphatic heterocycles. The minimum Gasteiger partial charge on any atom is -0.486 e. The third-order valence-electron chi connectivity index (χ3n) is 4.58. The van der Waals surface area contributed by atoms with Gasteiger partial charge >= 0.3 is 0 Å². The molecule has 0 unspecified atom stereocenters. The molecular weight excluding hydrogens is 302 g/mol. The molecule has 0 aromatic heterocycles. The van der Waals surface area contributed by atoms with Gasteiger partial charge in [0.25, 0.3) is 0 Å². The number of aliphatic imine (C=N–C) groups is 1. The molecule has 0 radical (unpaired) electrons. The Kier molecular flexibility index (Phi) is 4.16. The van der Waals surface area contributed by atoms with E-state index in [2.05, 4.69) is 18.8 Å². The van der Waals surface area contributed by atoms with Crippen molar-refractivity contribution in [1.82, 2.24) is 0 Å². The van der Waals surface area contributed by atoms with Crippen molar-refractivity contribution in [1.29, 1.82) is 0 Å². The lowest BCUT2D eigenvalue weighted by molar-refractivity contribution is 0.171. The topological polar surface area (TPSA) is 47.9 Å². The third kappa shape index (κ3) is 2.41. The molecule has 4 nitrogen and oxygen atoms in total. The molecule has 1 aliphatic carbocycles. The number of carbonyl (C=O) groups excluding carboxylic acids is 1. The van der Waals surface area contributed by atoms with Crippen LogP contribution in [0.3, 0.4) is 0 Å². The second-order valence-corrected chi connectivity index (χ2v) is 6.65. The molecule has 2 aliphatic rings. The molecule has 0 bridgehead atoms. The number of halogens is 1. The van der Waals surface area contributed by atoms with E-state index in [0.29, 0.717) is 29.7 Å². The Balaban J connectivity index is 2.25. The number of ether oxygens (including phenoxy) is 2. The van der Waals surface area contributed by atoms with Crippen LogP contribution in [-0.4, -0.2) is 19.3 Å². The van der Waals surface area contributed by atoms with Gasteiger partial charge in [-0.3, -0.25) is 0 Å². The molecule has 1 aromatic carbocycles. The Morgan fingerprint density at radius 1 is 1.27 bits per heavy atom. The number of isocyanates is 1. The van der Waals surface area contributed by atoms with E-state index in [1.807, 2.05) is 6.07 Å². The number of hydrogen-bond acceptors (Lipinski definition) is 4. The summed E-state index contributed by atoms with van der Waals surface area (Å²) in [6.45, 7) is 5.19. The van der Waals surface area contributed by atoms with Crippen LogP contribution in [-0.2, 0) is 10.3 Å². The molecule has 0 atom stereocenters. The van der Waals surface area contributed by atoms with E-state index in [1.54, 1.807) is 6.08 Å². The predicted octanol–water partition coefficient (Wildman–Crippen LogP) is 4.34. The monoisotopic (exact) mass is 321 g/mol. The predicted molar refractivity (Wildman–Crippen MR) is 84.8 cm³/mol. The Hall–Kier alpha value is -1.51. The van der Waals surface area contributed by atoms with E-state index < -0.39 is 5.54 Å². The van der Waals surface area contributed by atoms with Crippen molar-refractivity contribution < 1.29 is 14.3 Å². The number of fused-ring (bicyclic) bond motifs is 1. The highest BCUT2D eigenvalue weighted by Gasteiger charge is 2.40. The SMILES string of the molecule is CC(C)c1c(C2(N=C=O)CCCC2)cc2c(c1Cl)OCCO2. The van der Waals surface area contributed by atoms with Crippen LogP contribution in [0.2, 0.25) is 5.02 Å². The maximum Gasteiger partial charge on any atom is 0.235 e. The van der Waals surface area contributed by atoms with E-state index in [1.165, 1.54) is 0 Å². The molecule has 0 amide bonds. The second-order valence-electron chi connectivity index (χ2n) is 6.27. The summed E-state index contributed by atoms with van der Waals surface area (Å²) in [7, 11) is 0. The van der Waals surface area contributed by atoms with Gasteiger partial charge in [0.2, 0.25) is 6.08 Å². The molecule has 1 saturated carbocycles. The first-order chi connectivity index (χ1) is 10.6. The van der Waals surface area contributed by atoms with Crippen LogP contribution in [0.1, 0.15) is 56.6 Å². The van der Waals surface area contributed by atoms with Gasteiger partial charge in [0.15, 0.2) is 11.5 Å². The summed E-state index contributed by atoms with van der Waals surface area (Å²) in [4.78, 5) is 15.2. The van der Waals surface area contributed by atoms with Gasteiger partial charge in [-0.2, -0.15) is 4.99 Å². The standard InChI is InChI=1S/C17H20ClNO3/c1-11(2)14-12(17(19-10-20)5-3-4-6-17)9-13-16(15(14)18)22-8-7-21-13/h9,11H,3-8H2,1-2H3.